The van der Waals surface area contributed by atoms with Gasteiger partial charge >= 0.3 is 0 Å². The fourth-order valence-electron chi connectivity index (χ4n) is 3.99. The monoisotopic (exact) mass is 358 g/mol. The average molecular weight is 358 g/mol. The number of aromatic nitrogens is 5. The number of hydrogen-bond acceptors (Lipinski definition) is 4. The highest BCUT2D eigenvalue weighted by Gasteiger charge is 2.23. The molecule has 3 aromatic heterocycles. The van der Waals surface area contributed by atoms with Gasteiger partial charge in [0.2, 0.25) is 0 Å². The molecule has 5 rings (SSSR count). The first-order valence-corrected chi connectivity index (χ1v) is 9.44. The number of H-pyrrole nitrogens is 1. The number of benzene rings is 1. The molecular weight excluding hydrogens is 336 g/mol. The van der Waals surface area contributed by atoms with Crippen LogP contribution in [0.5, 0.6) is 0 Å². The first-order chi connectivity index (χ1) is 13.3. The smallest absolute Gasteiger partial charge is 0.156 e. The van der Waals surface area contributed by atoms with Crippen LogP contribution in [0.2, 0.25) is 0 Å². The van der Waals surface area contributed by atoms with Crippen molar-refractivity contribution in [2.75, 3.05) is 13.1 Å². The van der Waals surface area contributed by atoms with Crippen molar-refractivity contribution in [2.24, 2.45) is 0 Å². The molecule has 0 radical (unpaired) electrons. The van der Waals surface area contributed by atoms with Crippen LogP contribution in [0.15, 0.2) is 61.6 Å². The highest BCUT2D eigenvalue weighted by molar-refractivity contribution is 5.79. The lowest BCUT2D eigenvalue weighted by Gasteiger charge is -2.32. The average Bonchev–Trinajstić information content (AvgIpc) is 3.40. The number of likely N-dealkylation sites (tertiary alicyclic amines) is 1. The molecule has 6 nitrogen and oxygen atoms in total. The molecule has 1 atom stereocenters. The molecule has 1 N–H and O–H groups in total. The fraction of sp³-hybridized carbons (Fsp3) is 0.286. The van der Waals surface area contributed by atoms with Gasteiger partial charge in [0.25, 0.3) is 0 Å². The Balaban J connectivity index is 1.32. The van der Waals surface area contributed by atoms with Crippen molar-refractivity contribution >= 4 is 10.9 Å². The Hall–Kier alpha value is -2.99. The molecule has 1 aliphatic heterocycles. The molecule has 1 saturated heterocycles. The van der Waals surface area contributed by atoms with Crippen LogP contribution < -0.4 is 0 Å². The van der Waals surface area contributed by atoms with E-state index in [1.165, 1.54) is 22.9 Å². The predicted molar refractivity (Wildman–Crippen MR) is 105 cm³/mol. The minimum Gasteiger partial charge on any atom is -0.361 e. The van der Waals surface area contributed by atoms with E-state index in [-0.39, 0.29) is 0 Å². The van der Waals surface area contributed by atoms with E-state index in [0.717, 1.165) is 37.6 Å². The highest BCUT2D eigenvalue weighted by Crippen LogP contribution is 2.27. The van der Waals surface area contributed by atoms with E-state index in [9.17, 15) is 0 Å². The van der Waals surface area contributed by atoms with Crippen LogP contribution in [0.3, 0.4) is 0 Å². The Morgan fingerprint density at radius 2 is 2.15 bits per heavy atom. The van der Waals surface area contributed by atoms with Crippen molar-refractivity contribution in [1.82, 2.24) is 29.4 Å². The quantitative estimate of drug-likeness (QED) is 0.606. The summed E-state index contributed by atoms with van der Waals surface area (Å²) in [4.78, 5) is 19.2. The number of nitrogens with one attached hydrogen (secondary N) is 1. The highest BCUT2D eigenvalue weighted by atomic mass is 15.1. The van der Waals surface area contributed by atoms with Crippen molar-refractivity contribution < 1.29 is 0 Å². The van der Waals surface area contributed by atoms with Crippen molar-refractivity contribution in [2.45, 2.75) is 25.3 Å². The Morgan fingerprint density at radius 3 is 3.07 bits per heavy atom. The SMILES string of the molecule is c1cn(-c2cncc(C3CCCN(Cc4ccc5[nH]ccc5c4)C3)n2)cn1. The fourth-order valence-corrected chi connectivity index (χ4v) is 3.99. The van der Waals surface area contributed by atoms with Crippen molar-refractivity contribution in [1.29, 1.82) is 0 Å². The molecule has 0 amide bonds. The van der Waals surface area contributed by atoms with Gasteiger partial charge in [0.05, 0.1) is 11.9 Å². The van der Waals surface area contributed by atoms with Gasteiger partial charge < -0.3 is 4.98 Å². The standard InChI is InChI=1S/C21H22N6/c1-2-18(20-11-23-12-21(25-20)27-9-7-22-15-27)14-26(8-1)13-16-3-4-19-17(10-16)5-6-24-19/h3-7,9-12,15,18,24H,1-2,8,13-14H2. The summed E-state index contributed by atoms with van der Waals surface area (Å²) >= 11 is 0. The maximum Gasteiger partial charge on any atom is 0.156 e. The lowest BCUT2D eigenvalue weighted by Crippen LogP contribution is -2.34. The Labute approximate surface area is 157 Å². The van der Waals surface area contributed by atoms with E-state index >= 15 is 0 Å². The van der Waals surface area contributed by atoms with E-state index in [0.29, 0.717) is 5.92 Å². The molecule has 1 aliphatic rings. The zero-order valence-electron chi connectivity index (χ0n) is 15.1. The summed E-state index contributed by atoms with van der Waals surface area (Å²) < 4.78 is 1.91. The minimum atomic E-state index is 0.422. The van der Waals surface area contributed by atoms with Crippen LogP contribution in [0.25, 0.3) is 16.7 Å². The van der Waals surface area contributed by atoms with Gasteiger partial charge in [-0.05, 0) is 48.5 Å². The summed E-state index contributed by atoms with van der Waals surface area (Å²) in [5.41, 5.74) is 3.63. The van der Waals surface area contributed by atoms with Crippen molar-refractivity contribution in [3.8, 4) is 5.82 Å². The third-order valence-corrected chi connectivity index (χ3v) is 5.36. The first kappa shape index (κ1) is 16.2. The van der Waals surface area contributed by atoms with Gasteiger partial charge in [0.1, 0.15) is 6.33 Å². The molecular formula is C21H22N6. The zero-order chi connectivity index (χ0) is 18.1. The van der Waals surface area contributed by atoms with Crippen LogP contribution in [0.1, 0.15) is 30.0 Å². The first-order valence-electron chi connectivity index (χ1n) is 9.44. The van der Waals surface area contributed by atoms with Crippen molar-refractivity contribution in [3.63, 3.8) is 0 Å². The van der Waals surface area contributed by atoms with Gasteiger partial charge in [-0.2, -0.15) is 0 Å². The van der Waals surface area contributed by atoms with E-state index in [1.807, 2.05) is 23.2 Å². The number of imidazole rings is 1. The lowest BCUT2D eigenvalue weighted by molar-refractivity contribution is 0.198. The van der Waals surface area contributed by atoms with E-state index in [4.69, 9.17) is 4.98 Å². The molecule has 0 saturated carbocycles. The van der Waals surface area contributed by atoms with Crippen molar-refractivity contribution in [3.05, 3.63) is 72.8 Å². The molecule has 0 aliphatic carbocycles. The van der Waals surface area contributed by atoms with Crippen LogP contribution in [0.4, 0.5) is 0 Å². The van der Waals surface area contributed by atoms with Gasteiger partial charge in [0.15, 0.2) is 5.82 Å². The Kier molecular flexibility index (Phi) is 4.18. The van der Waals surface area contributed by atoms with Gasteiger partial charge in [0, 0.05) is 49.3 Å². The van der Waals surface area contributed by atoms with Crippen LogP contribution in [0, 0.1) is 0 Å². The molecule has 4 aromatic rings. The molecule has 0 spiro atoms. The topological polar surface area (TPSA) is 62.6 Å². The summed E-state index contributed by atoms with van der Waals surface area (Å²) in [7, 11) is 0. The second kappa shape index (κ2) is 6.96. The van der Waals surface area contributed by atoms with Gasteiger partial charge in [-0.15, -0.1) is 0 Å². The molecule has 6 heteroatoms. The number of rotatable bonds is 4. The summed E-state index contributed by atoms with van der Waals surface area (Å²) in [6.45, 7) is 3.13. The zero-order valence-corrected chi connectivity index (χ0v) is 15.1. The van der Waals surface area contributed by atoms with Crippen LogP contribution >= 0.6 is 0 Å². The number of nitrogens with zero attached hydrogens (tertiary/aromatic N) is 5. The van der Waals surface area contributed by atoms with E-state index in [1.54, 1.807) is 18.7 Å². The Bertz CT molecular complexity index is 1040. The summed E-state index contributed by atoms with van der Waals surface area (Å²) in [5.74, 6) is 1.26. The summed E-state index contributed by atoms with van der Waals surface area (Å²) in [5, 5.41) is 1.28. The number of aromatic amines is 1. The minimum absolute atomic E-state index is 0.422. The molecule has 1 aromatic carbocycles. The molecule has 4 heterocycles. The maximum absolute atomic E-state index is 4.84. The van der Waals surface area contributed by atoms with Gasteiger partial charge in [-0.25, -0.2) is 9.97 Å². The lowest BCUT2D eigenvalue weighted by atomic mass is 9.94. The third-order valence-electron chi connectivity index (χ3n) is 5.36. The largest absolute Gasteiger partial charge is 0.361 e. The second-order valence-electron chi connectivity index (χ2n) is 7.25. The normalized spacial score (nSPS) is 18.1. The van der Waals surface area contributed by atoms with E-state index in [2.05, 4.69) is 44.1 Å². The maximum atomic E-state index is 4.84. The number of piperidine rings is 1. The van der Waals surface area contributed by atoms with E-state index < -0.39 is 0 Å². The van der Waals surface area contributed by atoms with Gasteiger partial charge in [-0.1, -0.05) is 6.07 Å². The van der Waals surface area contributed by atoms with Crippen LogP contribution in [-0.2, 0) is 6.54 Å². The molecule has 1 fully saturated rings. The third kappa shape index (κ3) is 3.36. The molecule has 0 bridgehead atoms. The van der Waals surface area contributed by atoms with Crippen LogP contribution in [-0.4, -0.2) is 42.5 Å². The number of hydrogen-bond donors (Lipinski definition) is 1. The predicted octanol–water partition coefficient (Wildman–Crippen LogP) is 3.52. The second-order valence-corrected chi connectivity index (χ2v) is 7.25. The number of fused-ring (bicyclic) bond motifs is 1. The summed E-state index contributed by atoms with van der Waals surface area (Å²) in [6, 6.07) is 8.82. The Morgan fingerprint density at radius 1 is 1.15 bits per heavy atom. The molecule has 27 heavy (non-hydrogen) atoms. The summed E-state index contributed by atoms with van der Waals surface area (Å²) in [6.07, 6.45) is 13.5. The molecule has 1 unspecified atom stereocenters. The molecule has 136 valence electrons. The van der Waals surface area contributed by atoms with Gasteiger partial charge in [-0.3, -0.25) is 14.5 Å².